The Labute approximate surface area is 107 Å². The molecule has 102 valence electrons. The zero-order valence-electron chi connectivity index (χ0n) is 10.5. The molecule has 0 bridgehead atoms. The minimum absolute atomic E-state index is 0.0154. The number of aromatic nitrogens is 2. The highest BCUT2D eigenvalue weighted by atomic mass is 32.2. The lowest BCUT2D eigenvalue weighted by Gasteiger charge is -2.10. The summed E-state index contributed by atoms with van der Waals surface area (Å²) in [5.41, 5.74) is -0.0154. The number of hydrogen-bond acceptors (Lipinski definition) is 4. The summed E-state index contributed by atoms with van der Waals surface area (Å²) >= 11 is 0. The third-order valence-electron chi connectivity index (χ3n) is 3.28. The van der Waals surface area contributed by atoms with Crippen LogP contribution in [-0.2, 0) is 22.9 Å². The quantitative estimate of drug-likeness (QED) is 0.781. The molecule has 7 heteroatoms. The van der Waals surface area contributed by atoms with Gasteiger partial charge in [0.15, 0.2) is 9.84 Å². The summed E-state index contributed by atoms with van der Waals surface area (Å²) in [6, 6.07) is 0.0407. The Kier molecular flexibility index (Phi) is 3.91. The van der Waals surface area contributed by atoms with Crippen LogP contribution in [0.5, 0.6) is 0 Å². The minimum atomic E-state index is -2.83. The van der Waals surface area contributed by atoms with Gasteiger partial charge in [-0.1, -0.05) is 0 Å². The molecule has 1 unspecified atom stereocenters. The van der Waals surface area contributed by atoms with E-state index in [1.165, 1.54) is 0 Å². The van der Waals surface area contributed by atoms with Crippen molar-refractivity contribution in [2.45, 2.75) is 32.5 Å². The van der Waals surface area contributed by atoms with Gasteiger partial charge in [-0.3, -0.25) is 9.13 Å². The maximum Gasteiger partial charge on any atom is 0.328 e. The number of nitrogens with one attached hydrogen (secondary N) is 1. The van der Waals surface area contributed by atoms with Crippen LogP contribution in [0.4, 0.5) is 0 Å². The fraction of sp³-hybridized carbons (Fsp3) is 0.727. The van der Waals surface area contributed by atoms with Crippen molar-refractivity contribution in [2.75, 3.05) is 18.1 Å². The SMILES string of the molecule is CCn1ccn(CCNC2CCS(=O)(=O)C2)c1=O. The molecule has 1 aliphatic heterocycles. The zero-order valence-corrected chi connectivity index (χ0v) is 11.3. The van der Waals surface area contributed by atoms with Crippen LogP contribution in [0.1, 0.15) is 13.3 Å². The molecule has 1 saturated heterocycles. The van der Waals surface area contributed by atoms with Crippen molar-refractivity contribution in [3.63, 3.8) is 0 Å². The highest BCUT2D eigenvalue weighted by molar-refractivity contribution is 7.91. The van der Waals surface area contributed by atoms with E-state index in [0.29, 0.717) is 26.1 Å². The van der Waals surface area contributed by atoms with Gasteiger partial charge >= 0.3 is 5.69 Å². The van der Waals surface area contributed by atoms with Gasteiger partial charge in [-0.05, 0) is 13.3 Å². The van der Waals surface area contributed by atoms with Crippen LogP contribution in [0, 0.1) is 0 Å². The fourth-order valence-electron chi connectivity index (χ4n) is 2.21. The van der Waals surface area contributed by atoms with E-state index in [9.17, 15) is 13.2 Å². The summed E-state index contributed by atoms with van der Waals surface area (Å²) in [5.74, 6) is 0.495. The highest BCUT2D eigenvalue weighted by Gasteiger charge is 2.27. The van der Waals surface area contributed by atoms with Crippen molar-refractivity contribution in [3.05, 3.63) is 22.9 Å². The molecule has 1 aromatic heterocycles. The lowest BCUT2D eigenvalue weighted by atomic mass is 10.3. The lowest BCUT2D eigenvalue weighted by molar-refractivity contribution is 0.510. The number of imidazole rings is 1. The molecule has 1 fully saturated rings. The number of aryl methyl sites for hydroxylation is 1. The lowest BCUT2D eigenvalue weighted by Crippen LogP contribution is -2.34. The van der Waals surface area contributed by atoms with Crippen molar-refractivity contribution in [1.82, 2.24) is 14.5 Å². The first-order valence-corrected chi connectivity index (χ1v) is 8.03. The second kappa shape index (κ2) is 5.27. The molecular weight excluding hydrogens is 254 g/mol. The first-order chi connectivity index (χ1) is 8.52. The van der Waals surface area contributed by atoms with E-state index in [4.69, 9.17) is 0 Å². The van der Waals surface area contributed by atoms with Gasteiger partial charge in [0.2, 0.25) is 0 Å². The van der Waals surface area contributed by atoms with Gasteiger partial charge in [0.1, 0.15) is 0 Å². The zero-order chi connectivity index (χ0) is 13.2. The van der Waals surface area contributed by atoms with Gasteiger partial charge in [-0.2, -0.15) is 0 Å². The Morgan fingerprint density at radius 3 is 2.67 bits per heavy atom. The summed E-state index contributed by atoms with van der Waals surface area (Å²) < 4.78 is 25.8. The molecule has 2 rings (SSSR count). The van der Waals surface area contributed by atoms with E-state index in [0.717, 1.165) is 0 Å². The topological polar surface area (TPSA) is 73.1 Å². The molecule has 0 aromatic carbocycles. The normalized spacial score (nSPS) is 22.4. The van der Waals surface area contributed by atoms with E-state index < -0.39 is 9.84 Å². The molecule has 0 spiro atoms. The van der Waals surface area contributed by atoms with E-state index in [2.05, 4.69) is 5.32 Å². The van der Waals surface area contributed by atoms with Gasteiger partial charge in [0, 0.05) is 38.1 Å². The summed E-state index contributed by atoms with van der Waals surface area (Å²) in [5, 5.41) is 3.19. The molecule has 18 heavy (non-hydrogen) atoms. The molecule has 6 nitrogen and oxygen atoms in total. The molecular formula is C11H19N3O3S. The predicted octanol–water partition coefficient (Wildman–Crippen LogP) is -0.554. The molecule has 1 aliphatic rings. The van der Waals surface area contributed by atoms with Crippen molar-refractivity contribution in [1.29, 1.82) is 0 Å². The van der Waals surface area contributed by atoms with Crippen molar-refractivity contribution >= 4 is 9.84 Å². The molecule has 0 amide bonds. The predicted molar refractivity (Wildman–Crippen MR) is 69.4 cm³/mol. The van der Waals surface area contributed by atoms with Crippen LogP contribution in [-0.4, -0.2) is 41.6 Å². The summed E-state index contributed by atoms with van der Waals surface area (Å²) in [7, 11) is -2.83. The van der Waals surface area contributed by atoms with Crippen LogP contribution in [0.25, 0.3) is 0 Å². The first kappa shape index (κ1) is 13.4. The number of nitrogens with zero attached hydrogens (tertiary/aromatic N) is 2. The minimum Gasteiger partial charge on any atom is -0.311 e. The number of sulfone groups is 1. The Bertz CT molecular complexity index is 558. The van der Waals surface area contributed by atoms with Gasteiger partial charge in [-0.15, -0.1) is 0 Å². The van der Waals surface area contributed by atoms with E-state index in [1.807, 2.05) is 6.92 Å². The van der Waals surface area contributed by atoms with Crippen molar-refractivity contribution in [2.24, 2.45) is 0 Å². The summed E-state index contributed by atoms with van der Waals surface area (Å²) in [4.78, 5) is 11.7. The van der Waals surface area contributed by atoms with E-state index in [1.54, 1.807) is 21.5 Å². The average molecular weight is 273 g/mol. The second-order valence-corrected chi connectivity index (χ2v) is 6.84. The van der Waals surface area contributed by atoms with Crippen LogP contribution in [0.15, 0.2) is 17.2 Å². The molecule has 0 saturated carbocycles. The van der Waals surface area contributed by atoms with E-state index in [-0.39, 0.29) is 23.2 Å². The molecule has 1 N–H and O–H groups in total. The Morgan fingerprint density at radius 2 is 2.11 bits per heavy atom. The third-order valence-corrected chi connectivity index (χ3v) is 5.04. The largest absolute Gasteiger partial charge is 0.328 e. The maximum atomic E-state index is 11.7. The second-order valence-electron chi connectivity index (χ2n) is 4.61. The first-order valence-electron chi connectivity index (χ1n) is 6.21. The molecule has 0 aliphatic carbocycles. The summed E-state index contributed by atoms with van der Waals surface area (Å²) in [6.45, 7) is 3.78. The van der Waals surface area contributed by atoms with Gasteiger partial charge in [0.05, 0.1) is 11.5 Å². The molecule has 2 heterocycles. The Morgan fingerprint density at radius 1 is 1.39 bits per heavy atom. The highest BCUT2D eigenvalue weighted by Crippen LogP contribution is 2.10. The third kappa shape index (κ3) is 3.02. The maximum absolute atomic E-state index is 11.7. The fourth-order valence-corrected chi connectivity index (χ4v) is 3.92. The van der Waals surface area contributed by atoms with Crippen LogP contribution < -0.4 is 11.0 Å². The van der Waals surface area contributed by atoms with Gasteiger partial charge in [-0.25, -0.2) is 13.2 Å². The van der Waals surface area contributed by atoms with Gasteiger partial charge < -0.3 is 5.32 Å². The van der Waals surface area contributed by atoms with Crippen LogP contribution >= 0.6 is 0 Å². The monoisotopic (exact) mass is 273 g/mol. The Hall–Kier alpha value is -1.08. The van der Waals surface area contributed by atoms with Crippen molar-refractivity contribution < 1.29 is 8.42 Å². The smallest absolute Gasteiger partial charge is 0.311 e. The molecule has 1 aromatic rings. The van der Waals surface area contributed by atoms with Crippen LogP contribution in [0.2, 0.25) is 0 Å². The average Bonchev–Trinajstić information content (AvgIpc) is 2.83. The summed E-state index contributed by atoms with van der Waals surface area (Å²) in [6.07, 6.45) is 4.20. The molecule has 0 radical (unpaired) electrons. The van der Waals surface area contributed by atoms with Gasteiger partial charge in [0.25, 0.3) is 0 Å². The molecule has 1 atom stereocenters. The number of hydrogen-bond donors (Lipinski definition) is 1. The number of rotatable bonds is 5. The standard InChI is InChI=1S/C11H19N3O3S/c1-2-13-6-7-14(11(13)15)5-4-12-10-3-8-18(16,17)9-10/h6-7,10,12H,2-5,8-9H2,1H3. The Balaban J connectivity index is 1.82. The van der Waals surface area contributed by atoms with E-state index >= 15 is 0 Å². The van der Waals surface area contributed by atoms with Crippen LogP contribution in [0.3, 0.4) is 0 Å². The van der Waals surface area contributed by atoms with Crippen molar-refractivity contribution in [3.8, 4) is 0 Å².